The third-order valence-electron chi connectivity index (χ3n) is 6.35. The van der Waals surface area contributed by atoms with E-state index in [1.54, 1.807) is 31.2 Å². The van der Waals surface area contributed by atoms with Gasteiger partial charge in [-0.3, -0.25) is 24.1 Å². The number of carbonyl (C=O) groups excluding carboxylic acids is 4. The highest BCUT2D eigenvalue weighted by Gasteiger charge is 2.67. The number of alkyl halides is 2. The molecular formula is C20H20Br2N2O4. The molecule has 2 saturated carbocycles. The first kappa shape index (κ1) is 19.8. The average Bonchev–Trinajstić information content (AvgIpc) is 3.26. The molecule has 1 saturated heterocycles. The maximum absolute atomic E-state index is 13.0. The summed E-state index contributed by atoms with van der Waals surface area (Å²) < 4.78 is 0. The Morgan fingerprint density at radius 2 is 1.54 bits per heavy atom. The third-order valence-corrected chi connectivity index (χ3v) is 9.55. The Balaban J connectivity index is 1.50. The van der Waals surface area contributed by atoms with Crippen molar-refractivity contribution in [2.45, 2.75) is 36.0 Å². The number of nitrogens with one attached hydrogen (secondary N) is 1. The fourth-order valence-corrected chi connectivity index (χ4v) is 6.78. The van der Waals surface area contributed by atoms with E-state index in [9.17, 15) is 19.2 Å². The predicted octanol–water partition coefficient (Wildman–Crippen LogP) is 2.99. The lowest BCUT2D eigenvalue weighted by Gasteiger charge is -2.28. The van der Waals surface area contributed by atoms with Crippen molar-refractivity contribution in [2.24, 2.45) is 23.7 Å². The highest BCUT2D eigenvalue weighted by atomic mass is 79.9. The second-order valence-electron chi connectivity index (χ2n) is 7.85. The van der Waals surface area contributed by atoms with Crippen molar-refractivity contribution in [3.05, 3.63) is 29.8 Å². The fourth-order valence-electron chi connectivity index (χ4n) is 4.91. The molecule has 1 aromatic rings. The highest BCUT2D eigenvalue weighted by molar-refractivity contribution is 9.12. The van der Waals surface area contributed by atoms with Crippen molar-refractivity contribution < 1.29 is 19.2 Å². The van der Waals surface area contributed by atoms with Crippen LogP contribution in [0.4, 0.5) is 5.69 Å². The Kier molecular flexibility index (Phi) is 4.98. The van der Waals surface area contributed by atoms with Gasteiger partial charge in [0, 0.05) is 20.9 Å². The van der Waals surface area contributed by atoms with E-state index in [4.69, 9.17) is 0 Å². The SMILES string of the molecule is CC(=O)c1ccc(NC(=O)[C@H](C)N2C(=O)[C@@H]3[C@H]4C[C@@H]([C@H](Br)[C@@H]4Br)[C@@H]3C2=O)cc1. The number of anilines is 1. The number of rotatable bonds is 4. The Morgan fingerprint density at radius 3 is 2.00 bits per heavy atom. The molecule has 2 aliphatic carbocycles. The molecule has 28 heavy (non-hydrogen) atoms. The van der Waals surface area contributed by atoms with E-state index >= 15 is 0 Å². The van der Waals surface area contributed by atoms with E-state index in [2.05, 4.69) is 37.2 Å². The van der Waals surface area contributed by atoms with Crippen molar-refractivity contribution in [3.8, 4) is 0 Å². The fraction of sp³-hybridized carbons (Fsp3) is 0.500. The zero-order chi connectivity index (χ0) is 20.3. The summed E-state index contributed by atoms with van der Waals surface area (Å²) in [5.41, 5.74) is 1.06. The molecule has 4 rings (SSSR count). The number of amides is 3. The smallest absolute Gasteiger partial charge is 0.247 e. The summed E-state index contributed by atoms with van der Waals surface area (Å²) in [6, 6.07) is 5.63. The molecule has 0 spiro atoms. The molecule has 3 fully saturated rings. The molecule has 6 nitrogen and oxygen atoms in total. The number of halogens is 2. The van der Waals surface area contributed by atoms with E-state index in [1.807, 2.05) is 0 Å². The van der Waals surface area contributed by atoms with E-state index < -0.39 is 11.9 Å². The largest absolute Gasteiger partial charge is 0.324 e. The molecule has 1 N–H and O–H groups in total. The Hall–Kier alpha value is -1.54. The Morgan fingerprint density at radius 1 is 1.04 bits per heavy atom. The number of nitrogens with zero attached hydrogens (tertiary/aromatic N) is 1. The number of Topliss-reactive ketones (excluding diaryl/α,β-unsaturated/α-hetero) is 1. The molecule has 1 aliphatic heterocycles. The van der Waals surface area contributed by atoms with Crippen molar-refractivity contribution in [2.75, 3.05) is 5.32 Å². The summed E-state index contributed by atoms with van der Waals surface area (Å²) in [5.74, 6) is -1.37. The van der Waals surface area contributed by atoms with Crippen LogP contribution in [0.25, 0.3) is 0 Å². The van der Waals surface area contributed by atoms with Gasteiger partial charge in [-0.25, -0.2) is 0 Å². The normalized spacial score (nSPS) is 34.5. The Labute approximate surface area is 179 Å². The van der Waals surface area contributed by atoms with Crippen molar-refractivity contribution in [3.63, 3.8) is 0 Å². The van der Waals surface area contributed by atoms with E-state index in [-0.39, 0.29) is 50.9 Å². The van der Waals surface area contributed by atoms with Gasteiger partial charge in [-0.15, -0.1) is 0 Å². The van der Waals surface area contributed by atoms with Gasteiger partial charge in [0.1, 0.15) is 6.04 Å². The lowest BCUT2D eigenvalue weighted by atomic mass is 9.81. The van der Waals surface area contributed by atoms with Gasteiger partial charge in [-0.2, -0.15) is 0 Å². The summed E-state index contributed by atoms with van der Waals surface area (Å²) in [4.78, 5) is 51.6. The van der Waals surface area contributed by atoms with E-state index in [0.29, 0.717) is 11.3 Å². The van der Waals surface area contributed by atoms with Gasteiger partial charge in [-0.1, -0.05) is 31.9 Å². The van der Waals surface area contributed by atoms with Crippen LogP contribution in [0.15, 0.2) is 24.3 Å². The summed E-state index contributed by atoms with van der Waals surface area (Å²) in [5, 5.41) is 2.73. The first-order valence-corrected chi connectivity index (χ1v) is 11.1. The van der Waals surface area contributed by atoms with Crippen LogP contribution in [0.2, 0.25) is 0 Å². The summed E-state index contributed by atoms with van der Waals surface area (Å²) in [7, 11) is 0. The average molecular weight is 512 g/mol. The maximum Gasteiger partial charge on any atom is 0.247 e. The summed E-state index contributed by atoms with van der Waals surface area (Å²) in [6.45, 7) is 3.05. The van der Waals surface area contributed by atoms with Crippen LogP contribution in [0.1, 0.15) is 30.6 Å². The first-order valence-electron chi connectivity index (χ1n) is 9.29. The van der Waals surface area contributed by atoms with Gasteiger partial charge in [0.2, 0.25) is 17.7 Å². The van der Waals surface area contributed by atoms with Crippen LogP contribution in [0.3, 0.4) is 0 Å². The molecular weight excluding hydrogens is 492 g/mol. The van der Waals surface area contributed by atoms with Gasteiger partial charge in [0.25, 0.3) is 0 Å². The van der Waals surface area contributed by atoms with Crippen molar-refractivity contribution in [1.82, 2.24) is 4.90 Å². The first-order chi connectivity index (χ1) is 13.2. The third kappa shape index (κ3) is 2.87. The lowest BCUT2D eigenvalue weighted by Crippen LogP contribution is -2.46. The number of benzene rings is 1. The van der Waals surface area contributed by atoms with Crippen LogP contribution in [-0.2, 0) is 14.4 Å². The molecule has 2 bridgehead atoms. The molecule has 0 radical (unpaired) electrons. The number of ketones is 1. The van der Waals surface area contributed by atoms with Crippen LogP contribution < -0.4 is 5.32 Å². The molecule has 0 aromatic heterocycles. The molecule has 8 heteroatoms. The van der Waals surface area contributed by atoms with Gasteiger partial charge >= 0.3 is 0 Å². The lowest BCUT2D eigenvalue weighted by molar-refractivity contribution is -0.146. The number of imide groups is 1. The number of likely N-dealkylation sites (tertiary alicyclic amines) is 1. The van der Waals surface area contributed by atoms with Crippen LogP contribution in [0, 0.1) is 23.7 Å². The number of fused-ring (bicyclic) bond motifs is 5. The van der Waals surface area contributed by atoms with Crippen molar-refractivity contribution in [1.29, 1.82) is 0 Å². The van der Waals surface area contributed by atoms with Gasteiger partial charge in [0.05, 0.1) is 11.8 Å². The zero-order valence-electron chi connectivity index (χ0n) is 15.4. The number of carbonyl (C=O) groups is 4. The second-order valence-corrected chi connectivity index (χ2v) is 9.96. The number of hydrogen-bond donors (Lipinski definition) is 1. The quantitative estimate of drug-likeness (QED) is 0.382. The van der Waals surface area contributed by atoms with Gasteiger partial charge in [-0.05, 0) is 56.4 Å². The molecule has 0 unspecified atom stereocenters. The monoisotopic (exact) mass is 510 g/mol. The molecule has 3 aliphatic rings. The summed E-state index contributed by atoms with van der Waals surface area (Å²) in [6.07, 6.45) is 0.857. The maximum atomic E-state index is 13.0. The molecule has 148 valence electrons. The Bertz CT molecular complexity index is 839. The standard InChI is InChI=1S/C20H20Br2N2O4/c1-8(18(26)23-11-5-3-10(4-6-11)9(2)25)24-19(27)14-12-7-13(15(14)20(24)28)17(22)16(12)21/h3-6,8,12-17H,7H2,1-2H3,(H,23,26)/t8-,12+,13+,14-,15+,16-,17+/m0/s1. The van der Waals surface area contributed by atoms with Crippen LogP contribution >= 0.6 is 31.9 Å². The van der Waals surface area contributed by atoms with Crippen LogP contribution in [-0.4, -0.2) is 44.1 Å². The molecule has 1 aromatic carbocycles. The van der Waals surface area contributed by atoms with Crippen LogP contribution in [0.5, 0.6) is 0 Å². The predicted molar refractivity (Wildman–Crippen MR) is 110 cm³/mol. The highest BCUT2D eigenvalue weighted by Crippen LogP contribution is 2.60. The van der Waals surface area contributed by atoms with E-state index in [1.165, 1.54) is 6.92 Å². The van der Waals surface area contributed by atoms with Gasteiger partial charge in [0.15, 0.2) is 5.78 Å². The number of hydrogen-bond acceptors (Lipinski definition) is 4. The minimum Gasteiger partial charge on any atom is -0.324 e. The topological polar surface area (TPSA) is 83.6 Å². The minimum absolute atomic E-state index is 0.0594. The molecule has 1 heterocycles. The molecule has 3 amide bonds. The molecule has 7 atom stereocenters. The van der Waals surface area contributed by atoms with Gasteiger partial charge < -0.3 is 5.32 Å². The van der Waals surface area contributed by atoms with Crippen molar-refractivity contribution >= 4 is 61.1 Å². The zero-order valence-corrected chi connectivity index (χ0v) is 18.6. The summed E-state index contributed by atoms with van der Waals surface area (Å²) >= 11 is 7.32. The second kappa shape index (κ2) is 7.06. The minimum atomic E-state index is -0.889. The van der Waals surface area contributed by atoms with E-state index in [0.717, 1.165) is 11.3 Å².